The zero-order chi connectivity index (χ0) is 16.1. The third kappa shape index (κ3) is 3.85. The molecule has 23 heavy (non-hydrogen) atoms. The number of alkyl halides is 1. The first-order valence-electron chi connectivity index (χ1n) is 7.14. The first kappa shape index (κ1) is 15.4. The van der Waals surface area contributed by atoms with Crippen LogP contribution in [0, 0.1) is 0 Å². The van der Waals surface area contributed by atoms with Crippen LogP contribution in [-0.4, -0.2) is 5.11 Å². The molecule has 0 aromatic heterocycles. The van der Waals surface area contributed by atoms with E-state index in [9.17, 15) is 5.11 Å². The third-order valence-electron chi connectivity index (χ3n) is 3.19. The molecule has 0 saturated carbocycles. The van der Waals surface area contributed by atoms with Gasteiger partial charge in [0.1, 0.15) is 17.2 Å². The van der Waals surface area contributed by atoms with Gasteiger partial charge in [-0.25, -0.2) is 0 Å². The molecule has 0 heterocycles. The maximum Gasteiger partial charge on any atom is 0.174 e. The van der Waals surface area contributed by atoms with E-state index in [0.717, 1.165) is 5.56 Å². The smallest absolute Gasteiger partial charge is 0.174 e. The number of aromatic hydroxyl groups is 1. The SMILES string of the molecule is Oc1cc(CBr)c(Oc2ccccc2)c(Oc2ccccc2)c1. The van der Waals surface area contributed by atoms with Gasteiger partial charge in [-0.1, -0.05) is 52.3 Å². The van der Waals surface area contributed by atoms with E-state index in [-0.39, 0.29) is 5.75 Å². The summed E-state index contributed by atoms with van der Waals surface area (Å²) in [6.45, 7) is 0. The van der Waals surface area contributed by atoms with Gasteiger partial charge in [-0.15, -0.1) is 0 Å². The van der Waals surface area contributed by atoms with E-state index in [2.05, 4.69) is 15.9 Å². The van der Waals surface area contributed by atoms with E-state index in [1.54, 1.807) is 12.1 Å². The van der Waals surface area contributed by atoms with E-state index >= 15 is 0 Å². The summed E-state index contributed by atoms with van der Waals surface area (Å²) < 4.78 is 11.9. The molecule has 0 aliphatic carbocycles. The van der Waals surface area contributed by atoms with Crippen LogP contribution in [0.4, 0.5) is 0 Å². The standard InChI is InChI=1S/C19H15BrO3/c20-13-14-11-15(21)12-18(22-16-7-3-1-4-8-16)19(14)23-17-9-5-2-6-10-17/h1-12,21H,13H2. The van der Waals surface area contributed by atoms with Gasteiger partial charge in [0.25, 0.3) is 0 Å². The monoisotopic (exact) mass is 370 g/mol. The molecule has 0 spiro atoms. The zero-order valence-corrected chi connectivity index (χ0v) is 13.9. The Hall–Kier alpha value is -2.46. The highest BCUT2D eigenvalue weighted by Gasteiger charge is 2.15. The molecule has 0 amide bonds. The molecule has 3 aromatic rings. The zero-order valence-electron chi connectivity index (χ0n) is 12.3. The van der Waals surface area contributed by atoms with Crippen molar-refractivity contribution in [2.45, 2.75) is 5.33 Å². The fourth-order valence-corrected chi connectivity index (χ4v) is 2.57. The van der Waals surface area contributed by atoms with Crippen molar-refractivity contribution >= 4 is 15.9 Å². The van der Waals surface area contributed by atoms with Gasteiger partial charge in [0, 0.05) is 17.0 Å². The van der Waals surface area contributed by atoms with Crippen molar-refractivity contribution in [2.24, 2.45) is 0 Å². The van der Waals surface area contributed by atoms with Gasteiger partial charge in [-0.05, 0) is 30.3 Å². The third-order valence-corrected chi connectivity index (χ3v) is 3.80. The van der Waals surface area contributed by atoms with Gasteiger partial charge in [-0.2, -0.15) is 0 Å². The number of ether oxygens (including phenoxy) is 2. The molecular formula is C19H15BrO3. The van der Waals surface area contributed by atoms with E-state index in [1.165, 1.54) is 0 Å². The number of halogens is 1. The number of phenols is 1. The average Bonchev–Trinajstić information content (AvgIpc) is 2.59. The molecule has 3 nitrogen and oxygen atoms in total. The van der Waals surface area contributed by atoms with Crippen LogP contribution in [0.1, 0.15) is 5.56 Å². The minimum absolute atomic E-state index is 0.130. The predicted octanol–water partition coefficient (Wildman–Crippen LogP) is 5.87. The molecule has 3 rings (SSSR count). The maximum absolute atomic E-state index is 9.94. The molecule has 4 heteroatoms. The second-order valence-electron chi connectivity index (χ2n) is 4.90. The Bertz CT molecular complexity index is 773. The average molecular weight is 371 g/mol. The molecular weight excluding hydrogens is 356 g/mol. The Morgan fingerprint density at radius 2 is 1.35 bits per heavy atom. The van der Waals surface area contributed by atoms with Crippen molar-refractivity contribution in [1.82, 2.24) is 0 Å². The highest BCUT2D eigenvalue weighted by Crippen LogP contribution is 2.41. The topological polar surface area (TPSA) is 38.7 Å². The summed E-state index contributed by atoms with van der Waals surface area (Å²) in [6, 6.07) is 22.1. The number of phenolic OH excluding ortho intramolecular Hbond substituents is 1. The van der Waals surface area contributed by atoms with Gasteiger partial charge in [0.15, 0.2) is 11.5 Å². The Morgan fingerprint density at radius 1 is 0.783 bits per heavy atom. The Kier molecular flexibility index (Phi) is 4.83. The minimum Gasteiger partial charge on any atom is -0.508 e. The van der Waals surface area contributed by atoms with Crippen molar-refractivity contribution in [3.05, 3.63) is 78.4 Å². The van der Waals surface area contributed by atoms with Gasteiger partial charge >= 0.3 is 0 Å². The Morgan fingerprint density at radius 3 is 1.91 bits per heavy atom. The van der Waals surface area contributed by atoms with Crippen LogP contribution in [0.5, 0.6) is 28.7 Å². The highest BCUT2D eigenvalue weighted by atomic mass is 79.9. The molecule has 1 N–H and O–H groups in total. The van der Waals surface area contributed by atoms with E-state index in [0.29, 0.717) is 28.3 Å². The van der Waals surface area contributed by atoms with Crippen molar-refractivity contribution < 1.29 is 14.6 Å². The fourth-order valence-electron chi connectivity index (χ4n) is 2.16. The van der Waals surface area contributed by atoms with Crippen molar-refractivity contribution in [3.63, 3.8) is 0 Å². The molecule has 0 atom stereocenters. The molecule has 0 radical (unpaired) electrons. The lowest BCUT2D eigenvalue weighted by Crippen LogP contribution is -1.94. The summed E-state index contributed by atoms with van der Waals surface area (Å²) in [4.78, 5) is 0. The second kappa shape index (κ2) is 7.20. The summed E-state index contributed by atoms with van der Waals surface area (Å²) in [5.74, 6) is 2.56. The van der Waals surface area contributed by atoms with Crippen LogP contribution in [0.3, 0.4) is 0 Å². The molecule has 0 aliphatic heterocycles. The lowest BCUT2D eigenvalue weighted by atomic mass is 10.2. The van der Waals surface area contributed by atoms with E-state index in [1.807, 2.05) is 60.7 Å². The lowest BCUT2D eigenvalue weighted by Gasteiger charge is -2.16. The normalized spacial score (nSPS) is 10.3. The van der Waals surface area contributed by atoms with E-state index < -0.39 is 0 Å². The number of benzene rings is 3. The molecule has 3 aromatic carbocycles. The number of hydrogen-bond acceptors (Lipinski definition) is 3. The van der Waals surface area contributed by atoms with Crippen LogP contribution in [0.2, 0.25) is 0 Å². The van der Waals surface area contributed by atoms with Crippen molar-refractivity contribution in [3.8, 4) is 28.7 Å². The van der Waals surface area contributed by atoms with Crippen LogP contribution < -0.4 is 9.47 Å². The van der Waals surface area contributed by atoms with Crippen LogP contribution in [0.15, 0.2) is 72.8 Å². The van der Waals surface area contributed by atoms with Gasteiger partial charge in [0.2, 0.25) is 0 Å². The summed E-state index contributed by atoms with van der Waals surface area (Å²) in [6.07, 6.45) is 0. The minimum atomic E-state index is 0.130. The lowest BCUT2D eigenvalue weighted by molar-refractivity contribution is 0.407. The Balaban J connectivity index is 2.01. The molecule has 0 fully saturated rings. The maximum atomic E-state index is 9.94. The Labute approximate surface area is 143 Å². The van der Waals surface area contributed by atoms with Gasteiger partial charge in [0.05, 0.1) is 0 Å². The molecule has 0 unspecified atom stereocenters. The highest BCUT2D eigenvalue weighted by molar-refractivity contribution is 9.08. The summed E-state index contributed by atoms with van der Waals surface area (Å²) in [7, 11) is 0. The molecule has 116 valence electrons. The van der Waals surface area contributed by atoms with Crippen LogP contribution in [0.25, 0.3) is 0 Å². The predicted molar refractivity (Wildman–Crippen MR) is 93.8 cm³/mol. The summed E-state index contributed by atoms with van der Waals surface area (Å²) >= 11 is 3.43. The molecule has 0 bridgehead atoms. The van der Waals surface area contributed by atoms with Crippen molar-refractivity contribution in [2.75, 3.05) is 0 Å². The first-order chi connectivity index (χ1) is 11.3. The number of para-hydroxylation sites is 2. The molecule has 0 saturated heterocycles. The quantitative estimate of drug-likeness (QED) is 0.570. The van der Waals surface area contributed by atoms with Gasteiger partial charge < -0.3 is 14.6 Å². The first-order valence-corrected chi connectivity index (χ1v) is 8.26. The van der Waals surface area contributed by atoms with Crippen LogP contribution in [-0.2, 0) is 5.33 Å². The fraction of sp³-hybridized carbons (Fsp3) is 0.0526. The second-order valence-corrected chi connectivity index (χ2v) is 5.46. The number of rotatable bonds is 5. The van der Waals surface area contributed by atoms with Crippen molar-refractivity contribution in [1.29, 1.82) is 0 Å². The van der Waals surface area contributed by atoms with Crippen LogP contribution >= 0.6 is 15.9 Å². The molecule has 0 aliphatic rings. The summed E-state index contributed by atoms with van der Waals surface area (Å²) in [5, 5.41) is 10.5. The van der Waals surface area contributed by atoms with Gasteiger partial charge in [-0.3, -0.25) is 0 Å². The largest absolute Gasteiger partial charge is 0.508 e. The number of hydrogen-bond donors (Lipinski definition) is 1. The van der Waals surface area contributed by atoms with E-state index in [4.69, 9.17) is 9.47 Å². The summed E-state index contributed by atoms with van der Waals surface area (Å²) in [5.41, 5.74) is 0.805.